The molecule has 3 rings (SSSR count). The molecule has 2 atom stereocenters. The molecule has 0 unspecified atom stereocenters. The lowest BCUT2D eigenvalue weighted by Gasteiger charge is -2.38. The molecule has 1 heterocycles. The molecule has 0 radical (unpaired) electrons. The van der Waals surface area contributed by atoms with E-state index in [4.69, 9.17) is 10.8 Å². The van der Waals surface area contributed by atoms with E-state index in [1.165, 1.54) is 24.3 Å². The van der Waals surface area contributed by atoms with Gasteiger partial charge in [0.05, 0.1) is 11.6 Å². The minimum Gasteiger partial charge on any atom is -0.465 e. The highest BCUT2D eigenvalue weighted by Crippen LogP contribution is 2.33. The van der Waals surface area contributed by atoms with Crippen molar-refractivity contribution < 1.29 is 23.5 Å². The van der Waals surface area contributed by atoms with Crippen molar-refractivity contribution in [1.82, 2.24) is 10.3 Å². The second-order valence-corrected chi connectivity index (χ2v) is 7.31. The Morgan fingerprint density at radius 1 is 1.20 bits per heavy atom. The van der Waals surface area contributed by atoms with Crippen LogP contribution in [0.15, 0.2) is 30.3 Å². The topological polar surface area (TPSA) is 129 Å². The summed E-state index contributed by atoms with van der Waals surface area (Å²) in [6.45, 7) is 1.69. The van der Waals surface area contributed by atoms with Crippen molar-refractivity contribution in [1.29, 1.82) is 0 Å². The average molecular weight is 419 g/mol. The Labute approximate surface area is 171 Å². The number of nitrogens with zero attached hydrogens (tertiary/aromatic N) is 1. The van der Waals surface area contributed by atoms with Crippen molar-refractivity contribution in [3.63, 3.8) is 0 Å². The summed E-state index contributed by atoms with van der Waals surface area (Å²) in [5.41, 5.74) is 5.62. The van der Waals surface area contributed by atoms with Gasteiger partial charge >= 0.3 is 6.09 Å². The lowest BCUT2D eigenvalue weighted by Crippen LogP contribution is -2.50. The Hall–Kier alpha value is -3.43. The number of carbonyl (C=O) groups excluding carboxylic acids is 1. The molecule has 1 aliphatic rings. The largest absolute Gasteiger partial charge is 0.465 e. The van der Waals surface area contributed by atoms with E-state index in [-0.39, 0.29) is 23.1 Å². The zero-order valence-corrected chi connectivity index (χ0v) is 16.3. The van der Waals surface area contributed by atoms with Crippen LogP contribution in [-0.4, -0.2) is 34.2 Å². The van der Waals surface area contributed by atoms with Crippen LogP contribution >= 0.6 is 0 Å². The number of carboxylic acid groups (broad SMARTS) is 1. The molecule has 30 heavy (non-hydrogen) atoms. The first kappa shape index (κ1) is 21.3. The quantitative estimate of drug-likeness (QED) is 0.446. The van der Waals surface area contributed by atoms with E-state index >= 15 is 0 Å². The van der Waals surface area contributed by atoms with Gasteiger partial charge in [-0.3, -0.25) is 4.79 Å². The molecule has 2 amide bonds. The minimum absolute atomic E-state index is 0.00390. The van der Waals surface area contributed by atoms with Crippen LogP contribution in [0, 0.1) is 17.6 Å². The van der Waals surface area contributed by atoms with Gasteiger partial charge in [0.15, 0.2) is 11.6 Å². The van der Waals surface area contributed by atoms with E-state index < -0.39 is 35.7 Å². The predicted octanol–water partition coefficient (Wildman–Crippen LogP) is 3.44. The van der Waals surface area contributed by atoms with Crippen LogP contribution in [0.25, 0.3) is 0 Å². The summed E-state index contributed by atoms with van der Waals surface area (Å²) in [6, 6.07) is 5.40. The maximum absolute atomic E-state index is 14.7. The number of nitrogens with one attached hydrogen (secondary N) is 3. The number of primary amides is 1. The molecule has 1 aliphatic carbocycles. The van der Waals surface area contributed by atoms with Gasteiger partial charge in [0.2, 0.25) is 0 Å². The average Bonchev–Trinajstić information content (AvgIpc) is 2.63. The van der Waals surface area contributed by atoms with Crippen molar-refractivity contribution in [3.05, 3.63) is 47.5 Å². The first-order chi connectivity index (χ1) is 14.2. The van der Waals surface area contributed by atoms with Crippen molar-refractivity contribution in [3.8, 4) is 0 Å². The molecule has 0 saturated heterocycles. The highest BCUT2D eigenvalue weighted by Gasteiger charge is 2.33. The van der Waals surface area contributed by atoms with Crippen molar-refractivity contribution in [2.45, 2.75) is 38.3 Å². The van der Waals surface area contributed by atoms with Gasteiger partial charge in [0, 0.05) is 11.7 Å². The van der Waals surface area contributed by atoms with Crippen LogP contribution in [0.5, 0.6) is 0 Å². The van der Waals surface area contributed by atoms with E-state index in [1.807, 2.05) is 0 Å². The summed E-state index contributed by atoms with van der Waals surface area (Å²) in [5.74, 6) is -2.09. The van der Waals surface area contributed by atoms with Gasteiger partial charge in [-0.05, 0) is 56.0 Å². The Morgan fingerprint density at radius 2 is 1.87 bits per heavy atom. The van der Waals surface area contributed by atoms with Crippen LogP contribution in [0.2, 0.25) is 0 Å². The monoisotopic (exact) mass is 419 g/mol. The number of anilines is 3. The summed E-state index contributed by atoms with van der Waals surface area (Å²) in [4.78, 5) is 27.0. The summed E-state index contributed by atoms with van der Waals surface area (Å²) >= 11 is 0. The van der Waals surface area contributed by atoms with Crippen molar-refractivity contribution in [2.75, 3.05) is 10.6 Å². The second kappa shape index (κ2) is 8.93. The van der Waals surface area contributed by atoms with Gasteiger partial charge in [-0.1, -0.05) is 6.42 Å². The van der Waals surface area contributed by atoms with Gasteiger partial charge in [-0.25, -0.2) is 18.6 Å². The van der Waals surface area contributed by atoms with E-state index in [9.17, 15) is 18.4 Å². The lowest BCUT2D eigenvalue weighted by molar-refractivity contribution is 0.1000. The smallest absolute Gasteiger partial charge is 0.404 e. The fourth-order valence-corrected chi connectivity index (χ4v) is 3.44. The Bertz CT molecular complexity index is 935. The SMILES string of the molecule is C[C@H](NC(=O)O)[C@H](Nc1nc(Nc2ccc(F)cc2)c(C(N)=O)cc1F)C1CCC1. The third kappa shape index (κ3) is 4.94. The zero-order valence-electron chi connectivity index (χ0n) is 16.3. The first-order valence-electron chi connectivity index (χ1n) is 9.53. The maximum atomic E-state index is 14.7. The lowest BCUT2D eigenvalue weighted by atomic mass is 9.77. The Morgan fingerprint density at radius 3 is 2.40 bits per heavy atom. The highest BCUT2D eigenvalue weighted by atomic mass is 19.1. The molecular weight excluding hydrogens is 396 g/mol. The summed E-state index contributed by atoms with van der Waals surface area (Å²) in [7, 11) is 0. The molecule has 1 fully saturated rings. The number of pyridine rings is 1. The number of amides is 2. The molecule has 8 nitrogen and oxygen atoms in total. The molecule has 160 valence electrons. The Kier molecular flexibility index (Phi) is 6.34. The third-order valence-electron chi connectivity index (χ3n) is 5.20. The third-order valence-corrected chi connectivity index (χ3v) is 5.20. The molecule has 0 spiro atoms. The van der Waals surface area contributed by atoms with E-state index in [0.29, 0.717) is 5.69 Å². The number of nitrogens with two attached hydrogens (primary N) is 1. The van der Waals surface area contributed by atoms with Crippen LogP contribution in [-0.2, 0) is 0 Å². The van der Waals surface area contributed by atoms with E-state index in [1.54, 1.807) is 6.92 Å². The minimum atomic E-state index is -1.18. The molecule has 2 aromatic rings. The number of carbonyl (C=O) groups is 2. The standard InChI is InChI=1S/C20H23F2N5O3/c1-10(24-20(29)30)16(11-3-2-4-11)26-19-15(22)9-14(17(23)28)18(27-19)25-13-7-5-12(21)6-8-13/h5-11,16,24H,2-4H2,1H3,(H2,23,28)(H,29,30)(H2,25,26,27)/t10-,16-/m0/s1. The van der Waals surface area contributed by atoms with Crippen molar-refractivity contribution in [2.24, 2.45) is 11.7 Å². The molecule has 1 saturated carbocycles. The fraction of sp³-hybridized carbons (Fsp3) is 0.350. The molecule has 6 N–H and O–H groups in total. The van der Waals surface area contributed by atoms with Gasteiger partial charge in [0.25, 0.3) is 5.91 Å². The zero-order chi connectivity index (χ0) is 21.8. The van der Waals surface area contributed by atoms with Gasteiger partial charge in [0.1, 0.15) is 11.6 Å². The molecule has 10 heteroatoms. The van der Waals surface area contributed by atoms with Gasteiger partial charge in [-0.15, -0.1) is 0 Å². The molecule has 0 bridgehead atoms. The van der Waals surface area contributed by atoms with E-state index in [2.05, 4.69) is 20.9 Å². The van der Waals surface area contributed by atoms with Crippen LogP contribution < -0.4 is 21.7 Å². The number of aromatic nitrogens is 1. The van der Waals surface area contributed by atoms with Gasteiger partial charge in [-0.2, -0.15) is 0 Å². The predicted molar refractivity (Wildman–Crippen MR) is 108 cm³/mol. The van der Waals surface area contributed by atoms with E-state index in [0.717, 1.165) is 25.3 Å². The number of halogens is 2. The second-order valence-electron chi connectivity index (χ2n) is 7.31. The fourth-order valence-electron chi connectivity index (χ4n) is 3.44. The summed E-state index contributed by atoms with van der Waals surface area (Å²) < 4.78 is 27.9. The molecular formula is C20H23F2N5O3. The maximum Gasteiger partial charge on any atom is 0.404 e. The summed E-state index contributed by atoms with van der Waals surface area (Å²) in [5, 5.41) is 17.3. The molecule has 1 aromatic carbocycles. The van der Waals surface area contributed by atoms with Crippen LogP contribution in [0.1, 0.15) is 36.5 Å². The normalized spacial score (nSPS) is 15.6. The van der Waals surface area contributed by atoms with Crippen molar-refractivity contribution >= 4 is 29.3 Å². The number of benzene rings is 1. The number of hydrogen-bond acceptors (Lipinski definition) is 5. The number of hydrogen-bond donors (Lipinski definition) is 5. The van der Waals surface area contributed by atoms with Gasteiger partial charge < -0.3 is 26.8 Å². The number of rotatable bonds is 8. The first-order valence-corrected chi connectivity index (χ1v) is 9.53. The highest BCUT2D eigenvalue weighted by molar-refractivity contribution is 5.98. The van der Waals surface area contributed by atoms with Crippen LogP contribution in [0.3, 0.4) is 0 Å². The molecule has 0 aliphatic heterocycles. The van der Waals surface area contributed by atoms with Crippen LogP contribution in [0.4, 0.5) is 30.9 Å². The summed E-state index contributed by atoms with van der Waals surface area (Å²) in [6.07, 6.45) is 1.59. The Balaban J connectivity index is 1.91. The molecule has 1 aromatic heterocycles.